The Balaban J connectivity index is 1.65. The molecule has 2 heterocycles. The minimum atomic E-state index is -0.231. The second-order valence-electron chi connectivity index (χ2n) is 5.86. The van der Waals surface area contributed by atoms with Gasteiger partial charge in [-0.2, -0.15) is 0 Å². The largest absolute Gasteiger partial charge is 0.337 e. The van der Waals surface area contributed by atoms with Crippen molar-refractivity contribution in [1.29, 1.82) is 0 Å². The summed E-state index contributed by atoms with van der Waals surface area (Å²) in [6.45, 7) is 2.49. The smallest absolute Gasteiger partial charge is 0.273 e. The molecule has 0 radical (unpaired) electrons. The fourth-order valence-corrected chi connectivity index (χ4v) is 3.72. The van der Waals surface area contributed by atoms with Crippen LogP contribution in [-0.2, 0) is 6.42 Å². The lowest BCUT2D eigenvalue weighted by Gasteiger charge is -2.15. The summed E-state index contributed by atoms with van der Waals surface area (Å²) in [6.07, 6.45) is 1.45. The molecule has 0 unspecified atom stereocenters. The molecular formula is C17H20FN3OS. The van der Waals surface area contributed by atoms with E-state index in [4.69, 9.17) is 0 Å². The van der Waals surface area contributed by atoms with Gasteiger partial charge in [0.2, 0.25) is 0 Å². The molecule has 3 rings (SSSR count). The van der Waals surface area contributed by atoms with Crippen molar-refractivity contribution in [3.63, 3.8) is 0 Å². The molecule has 0 bridgehead atoms. The first kappa shape index (κ1) is 16.1. The third-order valence-corrected chi connectivity index (χ3v) is 4.99. The van der Waals surface area contributed by atoms with Crippen LogP contribution in [-0.4, -0.2) is 42.5 Å². The van der Waals surface area contributed by atoms with E-state index in [0.717, 1.165) is 31.1 Å². The molecule has 0 aliphatic carbocycles. The number of likely N-dealkylation sites (tertiary alicyclic amines) is 1. The molecule has 4 nitrogen and oxygen atoms in total. The van der Waals surface area contributed by atoms with Crippen LogP contribution in [0.15, 0.2) is 29.6 Å². The van der Waals surface area contributed by atoms with Crippen LogP contribution < -0.4 is 5.32 Å². The predicted octanol–water partition coefficient (Wildman–Crippen LogP) is 2.55. The standard InChI is InChI=1S/C17H20FN3OS/c1-19-9-12-6-7-21(10-12)17(22)15-11-23-16(20-15)8-13-4-2-3-5-14(13)18/h2-5,11-12,19H,6-10H2,1H3/t12-/m1/s1. The number of amides is 1. The Morgan fingerprint density at radius 2 is 2.30 bits per heavy atom. The fraction of sp³-hybridized carbons (Fsp3) is 0.412. The highest BCUT2D eigenvalue weighted by Gasteiger charge is 2.27. The number of carbonyl (C=O) groups excluding carboxylic acids is 1. The molecule has 1 fully saturated rings. The number of nitrogens with one attached hydrogen (secondary N) is 1. The van der Waals surface area contributed by atoms with Crippen molar-refractivity contribution in [2.24, 2.45) is 5.92 Å². The normalized spacial score (nSPS) is 17.7. The zero-order valence-electron chi connectivity index (χ0n) is 13.1. The Bertz CT molecular complexity index is 688. The average Bonchev–Trinajstić information content (AvgIpc) is 3.19. The van der Waals surface area contributed by atoms with Crippen molar-refractivity contribution in [3.8, 4) is 0 Å². The van der Waals surface area contributed by atoms with Crippen molar-refractivity contribution in [1.82, 2.24) is 15.2 Å². The summed E-state index contributed by atoms with van der Waals surface area (Å²) in [4.78, 5) is 18.8. The summed E-state index contributed by atoms with van der Waals surface area (Å²) < 4.78 is 13.7. The van der Waals surface area contributed by atoms with Crippen LogP contribution in [0.25, 0.3) is 0 Å². The SMILES string of the molecule is CNC[C@H]1CCN(C(=O)c2csc(Cc3ccccc3F)n2)C1. The van der Waals surface area contributed by atoms with E-state index in [1.54, 1.807) is 17.5 Å². The van der Waals surface area contributed by atoms with E-state index < -0.39 is 0 Å². The Labute approximate surface area is 139 Å². The number of rotatable bonds is 5. The number of nitrogens with zero attached hydrogens (tertiary/aromatic N) is 2. The molecule has 1 aliphatic heterocycles. The van der Waals surface area contributed by atoms with Gasteiger partial charge in [0.05, 0.1) is 5.01 Å². The molecule has 1 amide bonds. The third-order valence-electron chi connectivity index (χ3n) is 4.14. The van der Waals surface area contributed by atoms with Gasteiger partial charge in [-0.25, -0.2) is 9.37 Å². The van der Waals surface area contributed by atoms with Crippen molar-refractivity contribution in [2.75, 3.05) is 26.7 Å². The van der Waals surface area contributed by atoms with Gasteiger partial charge < -0.3 is 10.2 Å². The summed E-state index contributed by atoms with van der Waals surface area (Å²) in [6, 6.07) is 6.68. The maximum Gasteiger partial charge on any atom is 0.273 e. The molecule has 122 valence electrons. The summed E-state index contributed by atoms with van der Waals surface area (Å²) in [7, 11) is 1.93. The van der Waals surface area contributed by atoms with Crippen LogP contribution in [0.3, 0.4) is 0 Å². The summed E-state index contributed by atoms with van der Waals surface area (Å²) in [5, 5.41) is 5.71. The van der Waals surface area contributed by atoms with Gasteiger partial charge >= 0.3 is 0 Å². The molecule has 0 saturated carbocycles. The van der Waals surface area contributed by atoms with Crippen molar-refractivity contribution < 1.29 is 9.18 Å². The van der Waals surface area contributed by atoms with Crippen LogP contribution in [0, 0.1) is 11.7 Å². The van der Waals surface area contributed by atoms with Gasteiger partial charge in [0, 0.05) is 24.9 Å². The first-order valence-electron chi connectivity index (χ1n) is 7.79. The van der Waals surface area contributed by atoms with Gasteiger partial charge in [0.15, 0.2) is 0 Å². The van der Waals surface area contributed by atoms with Crippen LogP contribution in [0.4, 0.5) is 4.39 Å². The highest BCUT2D eigenvalue weighted by atomic mass is 32.1. The minimum absolute atomic E-state index is 0.0142. The molecule has 23 heavy (non-hydrogen) atoms. The third kappa shape index (κ3) is 3.76. The fourth-order valence-electron chi connectivity index (χ4n) is 2.93. The highest BCUT2D eigenvalue weighted by Crippen LogP contribution is 2.21. The Kier molecular flexibility index (Phi) is 5.03. The molecular weight excluding hydrogens is 313 g/mol. The monoisotopic (exact) mass is 333 g/mol. The van der Waals surface area contributed by atoms with Crippen molar-refractivity contribution >= 4 is 17.2 Å². The number of aromatic nitrogens is 1. The van der Waals surface area contributed by atoms with Crippen molar-refractivity contribution in [2.45, 2.75) is 12.8 Å². The molecule has 2 aromatic rings. The number of halogens is 1. The molecule has 1 N–H and O–H groups in total. The van der Waals surface area contributed by atoms with E-state index in [1.165, 1.54) is 17.4 Å². The average molecular weight is 333 g/mol. The zero-order valence-corrected chi connectivity index (χ0v) is 13.9. The Morgan fingerprint density at radius 3 is 3.09 bits per heavy atom. The lowest BCUT2D eigenvalue weighted by atomic mass is 10.1. The first-order valence-corrected chi connectivity index (χ1v) is 8.67. The van der Waals surface area contributed by atoms with Crippen LogP contribution >= 0.6 is 11.3 Å². The highest BCUT2D eigenvalue weighted by molar-refractivity contribution is 7.09. The van der Waals surface area contributed by atoms with Gasteiger partial charge in [0.1, 0.15) is 11.5 Å². The number of hydrogen-bond donors (Lipinski definition) is 1. The molecule has 6 heteroatoms. The maximum atomic E-state index is 13.7. The first-order chi connectivity index (χ1) is 11.2. The second kappa shape index (κ2) is 7.19. The molecule has 0 spiro atoms. The topological polar surface area (TPSA) is 45.2 Å². The van der Waals surface area contributed by atoms with Crippen LogP contribution in [0.1, 0.15) is 27.5 Å². The number of carbonyl (C=O) groups is 1. The van der Waals surface area contributed by atoms with E-state index in [-0.39, 0.29) is 11.7 Å². The van der Waals surface area contributed by atoms with E-state index in [9.17, 15) is 9.18 Å². The number of hydrogen-bond acceptors (Lipinski definition) is 4. The summed E-state index contributed by atoms with van der Waals surface area (Å²) in [5.41, 5.74) is 1.09. The van der Waals surface area contributed by atoms with Gasteiger partial charge in [-0.15, -0.1) is 11.3 Å². The zero-order chi connectivity index (χ0) is 16.2. The second-order valence-corrected chi connectivity index (χ2v) is 6.80. The minimum Gasteiger partial charge on any atom is -0.337 e. The van der Waals surface area contributed by atoms with E-state index in [2.05, 4.69) is 10.3 Å². The van der Waals surface area contributed by atoms with Crippen molar-refractivity contribution in [3.05, 3.63) is 51.7 Å². The molecule has 1 saturated heterocycles. The lowest BCUT2D eigenvalue weighted by molar-refractivity contribution is 0.0782. The molecule has 1 aliphatic rings. The van der Waals surface area contributed by atoms with E-state index in [0.29, 0.717) is 23.6 Å². The van der Waals surface area contributed by atoms with Crippen LogP contribution in [0.5, 0.6) is 0 Å². The maximum absolute atomic E-state index is 13.7. The molecule has 1 aromatic carbocycles. The number of thiazole rings is 1. The lowest BCUT2D eigenvalue weighted by Crippen LogP contribution is -2.30. The molecule has 1 atom stereocenters. The van der Waals surface area contributed by atoms with Gasteiger partial charge in [-0.05, 0) is 37.6 Å². The summed E-state index contributed by atoms with van der Waals surface area (Å²) in [5.74, 6) is 0.269. The van der Waals surface area contributed by atoms with Crippen LogP contribution in [0.2, 0.25) is 0 Å². The van der Waals surface area contributed by atoms with Gasteiger partial charge in [-0.3, -0.25) is 4.79 Å². The summed E-state index contributed by atoms with van der Waals surface area (Å²) >= 11 is 1.41. The van der Waals surface area contributed by atoms with E-state index >= 15 is 0 Å². The Hall–Kier alpha value is -1.79. The quantitative estimate of drug-likeness (QED) is 0.915. The van der Waals surface area contributed by atoms with Gasteiger partial charge in [-0.1, -0.05) is 18.2 Å². The van der Waals surface area contributed by atoms with Gasteiger partial charge in [0.25, 0.3) is 5.91 Å². The number of benzene rings is 1. The Morgan fingerprint density at radius 1 is 1.48 bits per heavy atom. The molecule has 1 aromatic heterocycles. The predicted molar refractivity (Wildman–Crippen MR) is 89.3 cm³/mol. The van der Waals surface area contributed by atoms with E-state index in [1.807, 2.05) is 18.0 Å².